The third-order valence-electron chi connectivity index (χ3n) is 4.08. The predicted molar refractivity (Wildman–Crippen MR) is 82.2 cm³/mol. The number of nitrogens with one attached hydrogen (secondary N) is 1. The Labute approximate surface area is 129 Å². The van der Waals surface area contributed by atoms with Gasteiger partial charge in [-0.2, -0.15) is 0 Å². The zero-order valence-corrected chi connectivity index (χ0v) is 13.8. The Morgan fingerprint density at radius 3 is 2.62 bits per heavy atom. The Hall–Kier alpha value is -0.920. The summed E-state index contributed by atoms with van der Waals surface area (Å²) >= 11 is 0.935. The Morgan fingerprint density at radius 2 is 2.05 bits per heavy atom. The lowest BCUT2D eigenvalue weighted by molar-refractivity contribution is 0.0702. The Bertz CT molecular complexity index is 606. The van der Waals surface area contributed by atoms with E-state index in [4.69, 9.17) is 5.11 Å². The van der Waals surface area contributed by atoms with Crippen LogP contribution in [0.2, 0.25) is 0 Å². The van der Waals surface area contributed by atoms with E-state index in [1.165, 1.54) is 11.4 Å². The monoisotopic (exact) mass is 331 g/mol. The minimum Gasteiger partial charge on any atom is -0.477 e. The van der Waals surface area contributed by atoms with Crippen molar-refractivity contribution >= 4 is 27.3 Å². The Morgan fingerprint density at radius 1 is 1.38 bits per heavy atom. The van der Waals surface area contributed by atoms with Gasteiger partial charge in [0.15, 0.2) is 0 Å². The summed E-state index contributed by atoms with van der Waals surface area (Å²) in [6.45, 7) is 4.23. The Kier molecular flexibility index (Phi) is 5.06. The predicted octanol–water partition coefficient (Wildman–Crippen LogP) is 2.94. The summed E-state index contributed by atoms with van der Waals surface area (Å²) in [5.74, 6) is -0.333. The molecule has 2 atom stereocenters. The van der Waals surface area contributed by atoms with Crippen molar-refractivity contribution < 1.29 is 18.3 Å². The number of thiophene rings is 1. The van der Waals surface area contributed by atoms with Gasteiger partial charge in [-0.05, 0) is 30.7 Å². The largest absolute Gasteiger partial charge is 0.477 e. The number of rotatable bonds is 5. The average Bonchev–Trinajstić information content (AvgIpc) is 2.89. The molecule has 21 heavy (non-hydrogen) atoms. The van der Waals surface area contributed by atoms with Crippen LogP contribution in [0.1, 0.15) is 49.2 Å². The zero-order chi connectivity index (χ0) is 15.6. The minimum atomic E-state index is -3.64. The molecule has 1 aliphatic carbocycles. The molecule has 1 heterocycles. The molecule has 0 aliphatic heterocycles. The number of sulfonamides is 1. The lowest BCUT2D eigenvalue weighted by Gasteiger charge is -2.34. The Balaban J connectivity index is 2.17. The molecule has 0 aromatic carbocycles. The van der Waals surface area contributed by atoms with E-state index < -0.39 is 16.0 Å². The van der Waals surface area contributed by atoms with Crippen LogP contribution in [0.15, 0.2) is 16.3 Å². The van der Waals surface area contributed by atoms with Crippen LogP contribution in [-0.2, 0) is 10.0 Å². The first-order chi connectivity index (χ1) is 9.81. The summed E-state index contributed by atoms with van der Waals surface area (Å²) in [4.78, 5) is 11.0. The van der Waals surface area contributed by atoms with E-state index in [1.807, 2.05) is 0 Å². The highest BCUT2D eigenvalue weighted by atomic mass is 32.2. The van der Waals surface area contributed by atoms with E-state index in [1.54, 1.807) is 0 Å². The molecule has 0 saturated heterocycles. The van der Waals surface area contributed by atoms with E-state index in [-0.39, 0.29) is 15.8 Å². The lowest BCUT2D eigenvalue weighted by atomic mass is 9.78. The molecule has 2 unspecified atom stereocenters. The van der Waals surface area contributed by atoms with E-state index in [9.17, 15) is 13.2 Å². The van der Waals surface area contributed by atoms with Crippen molar-refractivity contribution in [3.8, 4) is 0 Å². The van der Waals surface area contributed by atoms with Gasteiger partial charge in [-0.25, -0.2) is 17.9 Å². The van der Waals surface area contributed by atoms with Crippen molar-refractivity contribution in [1.29, 1.82) is 0 Å². The molecule has 118 valence electrons. The van der Waals surface area contributed by atoms with Gasteiger partial charge in [-0.1, -0.05) is 26.7 Å². The van der Waals surface area contributed by atoms with Crippen molar-refractivity contribution in [3.63, 3.8) is 0 Å². The number of carbonyl (C=O) groups is 1. The van der Waals surface area contributed by atoms with Gasteiger partial charge in [0.1, 0.15) is 4.88 Å². The second-order valence-electron chi connectivity index (χ2n) is 5.87. The maximum absolute atomic E-state index is 12.4. The highest BCUT2D eigenvalue weighted by molar-refractivity contribution is 7.89. The molecule has 1 saturated carbocycles. The molecule has 1 aromatic heterocycles. The van der Waals surface area contributed by atoms with Crippen LogP contribution < -0.4 is 4.72 Å². The summed E-state index contributed by atoms with van der Waals surface area (Å²) in [7, 11) is -3.64. The van der Waals surface area contributed by atoms with Gasteiger partial charge >= 0.3 is 5.97 Å². The van der Waals surface area contributed by atoms with E-state index in [0.29, 0.717) is 11.8 Å². The topological polar surface area (TPSA) is 83.5 Å². The quantitative estimate of drug-likeness (QED) is 0.869. The molecule has 0 amide bonds. The third kappa shape index (κ3) is 3.84. The van der Waals surface area contributed by atoms with Gasteiger partial charge in [0.25, 0.3) is 0 Å². The van der Waals surface area contributed by atoms with Crippen molar-refractivity contribution in [2.75, 3.05) is 0 Å². The van der Waals surface area contributed by atoms with Crippen LogP contribution in [0.4, 0.5) is 0 Å². The van der Waals surface area contributed by atoms with Crippen LogP contribution in [0, 0.1) is 11.8 Å². The minimum absolute atomic E-state index is 0.0411. The highest BCUT2D eigenvalue weighted by Gasteiger charge is 2.31. The third-order valence-corrected chi connectivity index (χ3v) is 6.62. The van der Waals surface area contributed by atoms with Gasteiger partial charge < -0.3 is 5.11 Å². The lowest BCUT2D eigenvalue weighted by Crippen LogP contribution is -2.43. The fourth-order valence-corrected chi connectivity index (χ4v) is 5.38. The molecule has 1 aromatic rings. The molecule has 0 radical (unpaired) electrons. The van der Waals surface area contributed by atoms with Crippen LogP contribution in [0.5, 0.6) is 0 Å². The first kappa shape index (κ1) is 16.5. The standard InChI is InChI=1S/C14H21NO4S2/c1-9(2)11-5-3-4-6-12(11)15-21(18,19)10-7-13(14(16)17)20-8-10/h7-9,11-12,15H,3-6H2,1-2H3,(H,16,17). The second kappa shape index (κ2) is 6.46. The maximum Gasteiger partial charge on any atom is 0.345 e. The number of hydrogen-bond donors (Lipinski definition) is 2. The number of hydrogen-bond acceptors (Lipinski definition) is 4. The summed E-state index contributed by atoms with van der Waals surface area (Å²) < 4.78 is 27.6. The van der Waals surface area contributed by atoms with Gasteiger partial charge in [0.2, 0.25) is 10.0 Å². The number of aromatic carboxylic acids is 1. The van der Waals surface area contributed by atoms with Crippen LogP contribution >= 0.6 is 11.3 Å². The molecule has 2 N–H and O–H groups in total. The molecule has 0 bridgehead atoms. The average molecular weight is 331 g/mol. The first-order valence-electron chi connectivity index (χ1n) is 7.15. The number of carboxylic acid groups (broad SMARTS) is 1. The fraction of sp³-hybridized carbons (Fsp3) is 0.643. The summed E-state index contributed by atoms with van der Waals surface area (Å²) in [6.07, 6.45) is 4.05. The molecule has 2 rings (SSSR count). The normalized spacial score (nSPS) is 23.4. The smallest absolute Gasteiger partial charge is 0.345 e. The van der Waals surface area contributed by atoms with Gasteiger partial charge in [0.05, 0.1) is 4.90 Å². The van der Waals surface area contributed by atoms with Crippen LogP contribution in [0.3, 0.4) is 0 Å². The first-order valence-corrected chi connectivity index (χ1v) is 9.51. The van der Waals surface area contributed by atoms with Crippen LogP contribution in [0.25, 0.3) is 0 Å². The SMILES string of the molecule is CC(C)C1CCCCC1NS(=O)(=O)c1csc(C(=O)O)c1. The van der Waals surface area contributed by atoms with Crippen LogP contribution in [-0.4, -0.2) is 25.5 Å². The maximum atomic E-state index is 12.4. The molecule has 1 aliphatic rings. The molecular formula is C14H21NO4S2. The molecule has 5 nitrogen and oxygen atoms in total. The molecule has 7 heteroatoms. The van der Waals surface area contributed by atoms with E-state index >= 15 is 0 Å². The molecule has 0 spiro atoms. The van der Waals surface area contributed by atoms with Crippen molar-refractivity contribution in [2.24, 2.45) is 11.8 Å². The summed E-state index contributed by atoms with van der Waals surface area (Å²) in [6, 6.07) is 1.17. The van der Waals surface area contributed by atoms with Gasteiger partial charge in [-0.3, -0.25) is 0 Å². The van der Waals surface area contributed by atoms with Gasteiger partial charge in [0, 0.05) is 11.4 Å². The fourth-order valence-electron chi connectivity index (χ4n) is 2.94. The number of carboxylic acids is 1. The van der Waals surface area contributed by atoms with Crippen molar-refractivity contribution in [2.45, 2.75) is 50.5 Å². The molecular weight excluding hydrogens is 310 g/mol. The van der Waals surface area contributed by atoms with Crippen molar-refractivity contribution in [1.82, 2.24) is 4.72 Å². The zero-order valence-electron chi connectivity index (χ0n) is 12.2. The van der Waals surface area contributed by atoms with E-state index in [0.717, 1.165) is 37.0 Å². The van der Waals surface area contributed by atoms with Crippen molar-refractivity contribution in [3.05, 3.63) is 16.3 Å². The summed E-state index contributed by atoms with van der Waals surface area (Å²) in [5, 5.41) is 10.3. The summed E-state index contributed by atoms with van der Waals surface area (Å²) in [5.41, 5.74) is 0. The highest BCUT2D eigenvalue weighted by Crippen LogP contribution is 2.31. The van der Waals surface area contributed by atoms with E-state index in [2.05, 4.69) is 18.6 Å². The van der Waals surface area contributed by atoms with Gasteiger partial charge in [-0.15, -0.1) is 11.3 Å². The molecule has 1 fully saturated rings. The second-order valence-corrected chi connectivity index (χ2v) is 8.50.